The minimum absolute atomic E-state index is 0.554. The van der Waals surface area contributed by atoms with Crippen molar-refractivity contribution >= 4 is 17.3 Å². The lowest BCUT2D eigenvalue weighted by Crippen LogP contribution is -2.55. The lowest BCUT2D eigenvalue weighted by molar-refractivity contribution is 0.203. The van der Waals surface area contributed by atoms with Crippen molar-refractivity contribution in [2.45, 2.75) is 38.4 Å². The first-order chi connectivity index (χ1) is 9.69. The third kappa shape index (κ3) is 2.67. The molecule has 0 bridgehead atoms. The van der Waals surface area contributed by atoms with Crippen molar-refractivity contribution < 1.29 is 0 Å². The van der Waals surface area contributed by atoms with E-state index in [0.717, 1.165) is 24.2 Å². The van der Waals surface area contributed by atoms with Gasteiger partial charge in [-0.3, -0.25) is 4.90 Å². The van der Waals surface area contributed by atoms with Crippen molar-refractivity contribution in [3.8, 4) is 0 Å². The molecule has 3 nitrogen and oxygen atoms in total. The van der Waals surface area contributed by atoms with E-state index in [4.69, 9.17) is 11.6 Å². The van der Waals surface area contributed by atoms with Gasteiger partial charge in [-0.15, -0.1) is 0 Å². The predicted octanol–water partition coefficient (Wildman–Crippen LogP) is 2.73. The monoisotopic (exact) mass is 293 g/mol. The van der Waals surface area contributed by atoms with E-state index in [-0.39, 0.29) is 0 Å². The van der Waals surface area contributed by atoms with Crippen LogP contribution in [0.25, 0.3) is 0 Å². The molecule has 2 atom stereocenters. The van der Waals surface area contributed by atoms with Crippen LogP contribution in [0.3, 0.4) is 0 Å². The lowest BCUT2D eigenvalue weighted by atomic mass is 10.0. The van der Waals surface area contributed by atoms with Crippen LogP contribution in [0.2, 0.25) is 5.02 Å². The second kappa shape index (κ2) is 5.92. The SMILES string of the molecule is CNCc1ccc(Cl)cc1N1CC2CCCN2CC1C. The molecule has 0 saturated carbocycles. The van der Waals surface area contributed by atoms with E-state index in [2.05, 4.69) is 34.2 Å². The molecular weight excluding hydrogens is 270 g/mol. The summed E-state index contributed by atoms with van der Waals surface area (Å²) in [5.41, 5.74) is 2.65. The van der Waals surface area contributed by atoms with Crippen LogP contribution in [0.15, 0.2) is 18.2 Å². The molecule has 0 radical (unpaired) electrons. The second-order valence-corrected chi connectivity index (χ2v) is 6.53. The number of rotatable bonds is 3. The maximum Gasteiger partial charge on any atom is 0.0430 e. The quantitative estimate of drug-likeness (QED) is 0.924. The molecule has 2 aliphatic rings. The number of hydrogen-bond acceptors (Lipinski definition) is 3. The maximum absolute atomic E-state index is 6.24. The molecule has 1 aromatic carbocycles. The van der Waals surface area contributed by atoms with Crippen molar-refractivity contribution in [1.29, 1.82) is 0 Å². The number of halogens is 1. The van der Waals surface area contributed by atoms with Crippen LogP contribution >= 0.6 is 11.6 Å². The number of fused-ring (bicyclic) bond motifs is 1. The van der Waals surface area contributed by atoms with Crippen LogP contribution in [0, 0.1) is 0 Å². The minimum Gasteiger partial charge on any atom is -0.366 e. The fourth-order valence-corrected chi connectivity index (χ4v) is 3.83. The summed E-state index contributed by atoms with van der Waals surface area (Å²) in [6.45, 7) is 6.82. The Kier molecular flexibility index (Phi) is 4.20. The van der Waals surface area contributed by atoms with E-state index in [0.29, 0.717) is 6.04 Å². The molecule has 2 unspecified atom stereocenters. The third-order valence-corrected chi connectivity index (χ3v) is 4.90. The van der Waals surface area contributed by atoms with Gasteiger partial charge in [-0.1, -0.05) is 17.7 Å². The van der Waals surface area contributed by atoms with Crippen molar-refractivity contribution in [1.82, 2.24) is 10.2 Å². The van der Waals surface area contributed by atoms with Gasteiger partial charge >= 0.3 is 0 Å². The van der Waals surface area contributed by atoms with E-state index < -0.39 is 0 Å². The average molecular weight is 294 g/mol. The van der Waals surface area contributed by atoms with Crippen LogP contribution in [0.4, 0.5) is 5.69 Å². The minimum atomic E-state index is 0.554. The molecule has 4 heteroatoms. The van der Waals surface area contributed by atoms with Crippen LogP contribution in [0.5, 0.6) is 0 Å². The molecule has 1 aromatic rings. The van der Waals surface area contributed by atoms with Crippen molar-refractivity contribution in [2.75, 3.05) is 31.6 Å². The molecule has 20 heavy (non-hydrogen) atoms. The van der Waals surface area contributed by atoms with E-state index in [1.807, 2.05) is 13.1 Å². The molecule has 0 amide bonds. The van der Waals surface area contributed by atoms with Gasteiger partial charge in [-0.05, 0) is 51.1 Å². The number of anilines is 1. The average Bonchev–Trinajstić information content (AvgIpc) is 2.87. The van der Waals surface area contributed by atoms with Gasteiger partial charge in [0.05, 0.1) is 0 Å². The highest BCUT2D eigenvalue weighted by atomic mass is 35.5. The fourth-order valence-electron chi connectivity index (χ4n) is 3.67. The molecule has 0 aromatic heterocycles. The van der Waals surface area contributed by atoms with Gasteiger partial charge in [0.2, 0.25) is 0 Å². The Balaban J connectivity index is 1.89. The summed E-state index contributed by atoms with van der Waals surface area (Å²) in [4.78, 5) is 5.22. The number of piperazine rings is 1. The summed E-state index contributed by atoms with van der Waals surface area (Å²) < 4.78 is 0. The summed E-state index contributed by atoms with van der Waals surface area (Å²) in [5, 5.41) is 4.10. The first kappa shape index (κ1) is 14.2. The number of nitrogens with one attached hydrogen (secondary N) is 1. The molecule has 2 fully saturated rings. The Morgan fingerprint density at radius 3 is 3.00 bits per heavy atom. The Hall–Kier alpha value is -0.770. The zero-order chi connectivity index (χ0) is 14.1. The Morgan fingerprint density at radius 2 is 2.20 bits per heavy atom. The Morgan fingerprint density at radius 1 is 1.35 bits per heavy atom. The molecular formula is C16H24ClN3. The van der Waals surface area contributed by atoms with Crippen molar-refractivity contribution in [3.05, 3.63) is 28.8 Å². The molecule has 0 spiro atoms. The highest BCUT2D eigenvalue weighted by molar-refractivity contribution is 6.30. The number of hydrogen-bond donors (Lipinski definition) is 1. The Labute approximate surface area is 126 Å². The molecule has 2 heterocycles. The highest BCUT2D eigenvalue weighted by Gasteiger charge is 2.35. The van der Waals surface area contributed by atoms with E-state index >= 15 is 0 Å². The normalized spacial score (nSPS) is 26.9. The number of benzene rings is 1. The van der Waals surface area contributed by atoms with Gasteiger partial charge in [0.1, 0.15) is 0 Å². The van der Waals surface area contributed by atoms with Crippen molar-refractivity contribution in [3.63, 3.8) is 0 Å². The molecule has 110 valence electrons. The molecule has 1 N–H and O–H groups in total. The zero-order valence-electron chi connectivity index (χ0n) is 12.4. The first-order valence-electron chi connectivity index (χ1n) is 7.62. The highest BCUT2D eigenvalue weighted by Crippen LogP contribution is 2.32. The second-order valence-electron chi connectivity index (χ2n) is 6.10. The number of nitrogens with zero attached hydrogens (tertiary/aromatic N) is 2. The molecule has 0 aliphatic carbocycles. The van der Waals surface area contributed by atoms with Gasteiger partial charge in [0, 0.05) is 42.4 Å². The topological polar surface area (TPSA) is 18.5 Å². The summed E-state index contributed by atoms with van der Waals surface area (Å²) in [5.74, 6) is 0. The first-order valence-corrected chi connectivity index (χ1v) is 8.00. The Bertz CT molecular complexity index is 477. The van der Waals surface area contributed by atoms with Crippen molar-refractivity contribution in [2.24, 2.45) is 0 Å². The predicted molar refractivity (Wildman–Crippen MR) is 85.6 cm³/mol. The zero-order valence-corrected chi connectivity index (χ0v) is 13.2. The summed E-state index contributed by atoms with van der Waals surface area (Å²) in [7, 11) is 2.00. The van der Waals surface area contributed by atoms with E-state index in [9.17, 15) is 0 Å². The van der Waals surface area contributed by atoms with Crippen LogP contribution in [-0.2, 0) is 6.54 Å². The molecule has 2 aliphatic heterocycles. The van der Waals surface area contributed by atoms with Crippen LogP contribution in [-0.4, -0.2) is 43.7 Å². The summed E-state index contributed by atoms with van der Waals surface area (Å²) in [6, 6.07) is 7.57. The summed E-state index contributed by atoms with van der Waals surface area (Å²) in [6.07, 6.45) is 2.69. The fraction of sp³-hybridized carbons (Fsp3) is 0.625. The van der Waals surface area contributed by atoms with Gasteiger partial charge in [-0.25, -0.2) is 0 Å². The van der Waals surface area contributed by atoms with Crippen LogP contribution in [0.1, 0.15) is 25.3 Å². The van der Waals surface area contributed by atoms with E-state index in [1.165, 1.54) is 37.2 Å². The standard InChI is InChI=1S/C16H24ClN3/c1-12-10-19-7-3-4-15(19)11-20(12)16-8-14(17)6-5-13(16)9-18-2/h5-6,8,12,15,18H,3-4,7,9-11H2,1-2H3. The van der Waals surface area contributed by atoms with Crippen LogP contribution < -0.4 is 10.2 Å². The molecule has 3 rings (SSSR count). The van der Waals surface area contributed by atoms with Gasteiger partial charge in [0.15, 0.2) is 0 Å². The summed E-state index contributed by atoms with van der Waals surface area (Å²) >= 11 is 6.24. The molecule has 2 saturated heterocycles. The lowest BCUT2D eigenvalue weighted by Gasteiger charge is -2.44. The third-order valence-electron chi connectivity index (χ3n) is 4.66. The van der Waals surface area contributed by atoms with Gasteiger partial charge < -0.3 is 10.2 Å². The maximum atomic E-state index is 6.24. The van der Waals surface area contributed by atoms with Gasteiger partial charge in [-0.2, -0.15) is 0 Å². The smallest absolute Gasteiger partial charge is 0.0430 e. The van der Waals surface area contributed by atoms with E-state index in [1.54, 1.807) is 0 Å². The largest absolute Gasteiger partial charge is 0.366 e. The van der Waals surface area contributed by atoms with Gasteiger partial charge in [0.25, 0.3) is 0 Å².